The Labute approximate surface area is 96.5 Å². The second kappa shape index (κ2) is 4.34. The molecule has 16 heavy (non-hydrogen) atoms. The predicted octanol–water partition coefficient (Wildman–Crippen LogP) is 2.25. The van der Waals surface area contributed by atoms with Gasteiger partial charge in [-0.05, 0) is 48.1 Å². The molecule has 2 atom stereocenters. The summed E-state index contributed by atoms with van der Waals surface area (Å²) in [4.78, 5) is 0. The summed E-state index contributed by atoms with van der Waals surface area (Å²) in [6.07, 6.45) is 1.13. The second-order valence-corrected chi connectivity index (χ2v) is 4.41. The largest absolute Gasteiger partial charge is 0.493 e. The van der Waals surface area contributed by atoms with Crippen molar-refractivity contribution < 1.29 is 9.47 Å². The van der Waals surface area contributed by atoms with Gasteiger partial charge in [-0.15, -0.1) is 0 Å². The Morgan fingerprint density at radius 3 is 2.25 bits per heavy atom. The van der Waals surface area contributed by atoms with Gasteiger partial charge in [-0.1, -0.05) is 6.92 Å². The summed E-state index contributed by atoms with van der Waals surface area (Å²) in [6, 6.07) is 4.17. The summed E-state index contributed by atoms with van der Waals surface area (Å²) in [6.45, 7) is 2.94. The fraction of sp³-hybridized carbons (Fsp3) is 0.538. The highest BCUT2D eigenvalue weighted by Gasteiger charge is 2.29. The lowest BCUT2D eigenvalue weighted by molar-refractivity contribution is 0.354. The van der Waals surface area contributed by atoms with Crippen molar-refractivity contribution in [3.63, 3.8) is 0 Å². The highest BCUT2D eigenvalue weighted by atomic mass is 16.5. The number of hydrogen-bond donors (Lipinski definition) is 1. The minimum Gasteiger partial charge on any atom is -0.493 e. The second-order valence-electron chi connectivity index (χ2n) is 4.41. The molecule has 2 N–H and O–H groups in total. The van der Waals surface area contributed by atoms with Crippen molar-refractivity contribution >= 4 is 0 Å². The molecule has 0 aliphatic heterocycles. The minimum absolute atomic E-state index is 0.463. The molecule has 0 bridgehead atoms. The Hall–Kier alpha value is -1.22. The third kappa shape index (κ3) is 1.65. The number of methoxy groups -OCH3 is 2. The molecule has 3 nitrogen and oxygen atoms in total. The van der Waals surface area contributed by atoms with Crippen molar-refractivity contribution in [1.29, 1.82) is 0 Å². The molecule has 1 aliphatic carbocycles. The topological polar surface area (TPSA) is 44.5 Å². The van der Waals surface area contributed by atoms with Gasteiger partial charge in [0, 0.05) is 0 Å². The molecular weight excluding hydrogens is 202 g/mol. The highest BCUT2D eigenvalue weighted by Crippen LogP contribution is 2.45. The maximum absolute atomic E-state index is 5.80. The first-order chi connectivity index (χ1) is 7.71. The van der Waals surface area contributed by atoms with Crippen molar-refractivity contribution in [2.45, 2.75) is 25.2 Å². The van der Waals surface area contributed by atoms with E-state index in [9.17, 15) is 0 Å². The molecule has 1 aliphatic rings. The molecule has 1 aromatic carbocycles. The van der Waals surface area contributed by atoms with Crippen LogP contribution in [0.15, 0.2) is 12.1 Å². The van der Waals surface area contributed by atoms with Crippen LogP contribution in [-0.4, -0.2) is 20.8 Å². The van der Waals surface area contributed by atoms with E-state index in [0.29, 0.717) is 18.4 Å². The zero-order valence-electron chi connectivity index (χ0n) is 10.1. The smallest absolute Gasteiger partial charge is 0.161 e. The lowest BCUT2D eigenvalue weighted by Crippen LogP contribution is -2.09. The average Bonchev–Trinajstić information content (AvgIpc) is 2.63. The van der Waals surface area contributed by atoms with E-state index in [1.165, 1.54) is 11.1 Å². The Morgan fingerprint density at radius 1 is 1.19 bits per heavy atom. The summed E-state index contributed by atoms with van der Waals surface area (Å²) < 4.78 is 10.6. The SMILES string of the molecule is COc1cc2c(cc1OC)C(CN)CC2C. The van der Waals surface area contributed by atoms with Crippen LogP contribution in [0.25, 0.3) is 0 Å². The van der Waals surface area contributed by atoms with E-state index < -0.39 is 0 Å². The van der Waals surface area contributed by atoms with E-state index in [1.54, 1.807) is 14.2 Å². The Bertz CT molecular complexity index is 390. The van der Waals surface area contributed by atoms with Crippen LogP contribution in [0.3, 0.4) is 0 Å². The maximum Gasteiger partial charge on any atom is 0.161 e. The minimum atomic E-state index is 0.463. The summed E-state index contributed by atoms with van der Waals surface area (Å²) in [5.74, 6) is 2.63. The van der Waals surface area contributed by atoms with E-state index in [4.69, 9.17) is 15.2 Å². The molecule has 0 aromatic heterocycles. The van der Waals surface area contributed by atoms with E-state index in [0.717, 1.165) is 17.9 Å². The van der Waals surface area contributed by atoms with Gasteiger partial charge in [-0.25, -0.2) is 0 Å². The van der Waals surface area contributed by atoms with Gasteiger partial charge in [0.2, 0.25) is 0 Å². The maximum atomic E-state index is 5.80. The molecule has 0 spiro atoms. The fourth-order valence-corrected chi connectivity index (χ4v) is 2.59. The molecule has 3 heteroatoms. The molecule has 0 amide bonds. The van der Waals surface area contributed by atoms with Crippen LogP contribution in [0.4, 0.5) is 0 Å². The van der Waals surface area contributed by atoms with Gasteiger partial charge in [-0.3, -0.25) is 0 Å². The van der Waals surface area contributed by atoms with Crippen LogP contribution in [0, 0.1) is 0 Å². The van der Waals surface area contributed by atoms with E-state index in [2.05, 4.69) is 19.1 Å². The van der Waals surface area contributed by atoms with E-state index >= 15 is 0 Å². The lowest BCUT2D eigenvalue weighted by Gasteiger charge is -2.13. The Kier molecular flexibility index (Phi) is 3.06. The van der Waals surface area contributed by atoms with Crippen LogP contribution in [0.5, 0.6) is 11.5 Å². The van der Waals surface area contributed by atoms with Gasteiger partial charge < -0.3 is 15.2 Å². The number of benzene rings is 1. The summed E-state index contributed by atoms with van der Waals surface area (Å²) in [7, 11) is 3.34. The van der Waals surface area contributed by atoms with Crippen LogP contribution >= 0.6 is 0 Å². The predicted molar refractivity (Wildman–Crippen MR) is 64.4 cm³/mol. The average molecular weight is 221 g/mol. The molecule has 2 unspecified atom stereocenters. The van der Waals surface area contributed by atoms with Crippen molar-refractivity contribution in [2.24, 2.45) is 5.73 Å². The number of hydrogen-bond acceptors (Lipinski definition) is 3. The van der Waals surface area contributed by atoms with Crippen molar-refractivity contribution in [2.75, 3.05) is 20.8 Å². The standard InChI is InChI=1S/C13H19NO2/c1-8-4-9(7-14)11-6-13(16-3)12(15-2)5-10(8)11/h5-6,8-9H,4,7,14H2,1-3H3. The van der Waals surface area contributed by atoms with Crippen molar-refractivity contribution in [3.8, 4) is 11.5 Å². The molecule has 0 heterocycles. The van der Waals surface area contributed by atoms with Crippen LogP contribution < -0.4 is 15.2 Å². The first-order valence-corrected chi connectivity index (χ1v) is 5.67. The van der Waals surface area contributed by atoms with Crippen LogP contribution in [-0.2, 0) is 0 Å². The Morgan fingerprint density at radius 2 is 1.75 bits per heavy atom. The van der Waals surface area contributed by atoms with E-state index in [-0.39, 0.29) is 0 Å². The van der Waals surface area contributed by atoms with Gasteiger partial charge in [0.25, 0.3) is 0 Å². The summed E-state index contributed by atoms with van der Waals surface area (Å²) >= 11 is 0. The number of rotatable bonds is 3. The van der Waals surface area contributed by atoms with Crippen LogP contribution in [0.1, 0.15) is 36.3 Å². The monoisotopic (exact) mass is 221 g/mol. The van der Waals surface area contributed by atoms with Gasteiger partial charge >= 0.3 is 0 Å². The van der Waals surface area contributed by atoms with Crippen LogP contribution in [0.2, 0.25) is 0 Å². The van der Waals surface area contributed by atoms with Crippen molar-refractivity contribution in [1.82, 2.24) is 0 Å². The third-order valence-corrected chi connectivity index (χ3v) is 3.48. The molecule has 0 radical (unpaired) electrons. The molecule has 2 rings (SSSR count). The highest BCUT2D eigenvalue weighted by molar-refractivity contribution is 5.52. The molecule has 88 valence electrons. The summed E-state index contributed by atoms with van der Waals surface area (Å²) in [5.41, 5.74) is 8.48. The van der Waals surface area contributed by atoms with E-state index in [1.807, 2.05) is 0 Å². The number of ether oxygens (including phenoxy) is 2. The van der Waals surface area contributed by atoms with Gasteiger partial charge in [0.1, 0.15) is 0 Å². The Balaban J connectivity index is 2.50. The zero-order chi connectivity index (χ0) is 11.7. The molecule has 0 saturated carbocycles. The molecule has 0 saturated heterocycles. The number of fused-ring (bicyclic) bond motifs is 1. The van der Waals surface area contributed by atoms with Gasteiger partial charge in [-0.2, -0.15) is 0 Å². The first kappa shape index (κ1) is 11.3. The molecule has 0 fully saturated rings. The number of nitrogens with two attached hydrogens (primary N) is 1. The normalized spacial score (nSPS) is 23.0. The molecular formula is C13H19NO2. The quantitative estimate of drug-likeness (QED) is 0.851. The van der Waals surface area contributed by atoms with Gasteiger partial charge in [0.15, 0.2) is 11.5 Å². The van der Waals surface area contributed by atoms with Crippen molar-refractivity contribution in [3.05, 3.63) is 23.3 Å². The zero-order valence-corrected chi connectivity index (χ0v) is 10.1. The lowest BCUT2D eigenvalue weighted by atomic mass is 10.0. The molecule has 1 aromatic rings. The van der Waals surface area contributed by atoms with Gasteiger partial charge in [0.05, 0.1) is 14.2 Å². The third-order valence-electron chi connectivity index (χ3n) is 3.48. The summed E-state index contributed by atoms with van der Waals surface area (Å²) in [5, 5.41) is 0. The first-order valence-electron chi connectivity index (χ1n) is 5.67. The fourth-order valence-electron chi connectivity index (χ4n) is 2.59.